The van der Waals surface area contributed by atoms with Crippen LogP contribution in [-0.4, -0.2) is 45.7 Å². The monoisotopic (exact) mass is 576 g/mol. The lowest BCUT2D eigenvalue weighted by Gasteiger charge is -2.15. The third-order valence-electron chi connectivity index (χ3n) is 3.76. The second-order valence-electron chi connectivity index (χ2n) is 5.69. The summed E-state index contributed by atoms with van der Waals surface area (Å²) in [6.07, 6.45) is 0. The predicted molar refractivity (Wildman–Crippen MR) is 131 cm³/mol. The first-order chi connectivity index (χ1) is 13.6. The summed E-state index contributed by atoms with van der Waals surface area (Å²) in [5.74, 6) is 1.80. The number of aliphatic imine (C=N–C) groups is 1. The molecule has 0 aliphatic heterocycles. The number of amides is 1. The number of methoxy groups -OCH3 is 1. The zero-order valence-corrected chi connectivity index (χ0v) is 20.5. The molecule has 158 valence electrons. The standard InChI is InChI=1S/C20H25BrN4O3.HI/c1-4-28-17-10-9-16(13-18(17)27-3)25-20(22-2)24-12-11-23-19(26)14-5-7-15(21)8-6-14;/h5-10,13H,4,11-12H2,1-3H3,(H,23,26)(H2,22,24,25);1H. The number of ether oxygens (including phenoxy) is 2. The minimum atomic E-state index is -0.117. The quantitative estimate of drug-likeness (QED) is 0.192. The van der Waals surface area contributed by atoms with Crippen LogP contribution in [0, 0.1) is 0 Å². The Morgan fingerprint density at radius 1 is 1.07 bits per heavy atom. The second kappa shape index (κ2) is 13.3. The molecule has 0 aromatic heterocycles. The van der Waals surface area contributed by atoms with Gasteiger partial charge in [-0.05, 0) is 43.3 Å². The van der Waals surface area contributed by atoms with Gasteiger partial charge in [0.05, 0.1) is 13.7 Å². The molecular formula is C20H26BrIN4O3. The van der Waals surface area contributed by atoms with Crippen LogP contribution in [0.15, 0.2) is 51.9 Å². The topological polar surface area (TPSA) is 84.0 Å². The lowest BCUT2D eigenvalue weighted by molar-refractivity contribution is 0.0954. The van der Waals surface area contributed by atoms with Crippen molar-refractivity contribution in [3.8, 4) is 11.5 Å². The maximum absolute atomic E-state index is 12.1. The van der Waals surface area contributed by atoms with Crippen LogP contribution >= 0.6 is 39.9 Å². The number of nitrogens with one attached hydrogen (secondary N) is 3. The van der Waals surface area contributed by atoms with E-state index in [4.69, 9.17) is 9.47 Å². The number of carbonyl (C=O) groups excluding carboxylic acids is 1. The van der Waals surface area contributed by atoms with Crippen molar-refractivity contribution in [1.82, 2.24) is 10.6 Å². The first-order valence-electron chi connectivity index (χ1n) is 8.89. The zero-order chi connectivity index (χ0) is 20.4. The van der Waals surface area contributed by atoms with Crippen molar-refractivity contribution in [2.45, 2.75) is 6.92 Å². The Labute approximate surface area is 196 Å². The highest BCUT2D eigenvalue weighted by atomic mass is 127. The minimum absolute atomic E-state index is 0. The van der Waals surface area contributed by atoms with Gasteiger partial charge in [0.25, 0.3) is 5.91 Å². The fourth-order valence-corrected chi connectivity index (χ4v) is 2.66. The smallest absolute Gasteiger partial charge is 0.251 e. The summed E-state index contributed by atoms with van der Waals surface area (Å²) in [6.45, 7) is 3.48. The summed E-state index contributed by atoms with van der Waals surface area (Å²) in [6, 6.07) is 12.8. The Morgan fingerprint density at radius 3 is 2.38 bits per heavy atom. The molecule has 0 unspecified atom stereocenters. The Balaban J connectivity index is 0.00000420. The number of carbonyl (C=O) groups is 1. The van der Waals surface area contributed by atoms with Gasteiger partial charge in [0.15, 0.2) is 17.5 Å². The molecule has 0 bridgehead atoms. The van der Waals surface area contributed by atoms with Crippen LogP contribution in [-0.2, 0) is 0 Å². The highest BCUT2D eigenvalue weighted by Gasteiger charge is 2.07. The molecule has 0 radical (unpaired) electrons. The first-order valence-corrected chi connectivity index (χ1v) is 9.69. The molecule has 0 saturated carbocycles. The third-order valence-corrected chi connectivity index (χ3v) is 4.29. The van der Waals surface area contributed by atoms with Crippen molar-refractivity contribution < 1.29 is 14.3 Å². The lowest BCUT2D eigenvalue weighted by atomic mass is 10.2. The highest BCUT2D eigenvalue weighted by molar-refractivity contribution is 14.0. The van der Waals surface area contributed by atoms with Crippen molar-refractivity contribution >= 4 is 57.5 Å². The maximum atomic E-state index is 12.1. The van der Waals surface area contributed by atoms with Gasteiger partial charge in [-0.2, -0.15) is 0 Å². The Morgan fingerprint density at radius 2 is 1.76 bits per heavy atom. The van der Waals surface area contributed by atoms with Gasteiger partial charge in [-0.1, -0.05) is 15.9 Å². The molecule has 0 aliphatic rings. The van der Waals surface area contributed by atoms with Crippen LogP contribution < -0.4 is 25.4 Å². The largest absolute Gasteiger partial charge is 0.493 e. The van der Waals surface area contributed by atoms with Gasteiger partial charge in [0.2, 0.25) is 0 Å². The Kier molecular flexibility index (Phi) is 11.4. The Bertz CT molecular complexity index is 816. The van der Waals surface area contributed by atoms with E-state index in [1.54, 1.807) is 26.3 Å². The summed E-state index contributed by atoms with van der Waals surface area (Å²) >= 11 is 3.35. The number of nitrogens with zero attached hydrogens (tertiary/aromatic N) is 1. The molecule has 0 fully saturated rings. The van der Waals surface area contributed by atoms with Gasteiger partial charge in [0, 0.05) is 41.9 Å². The summed E-state index contributed by atoms with van der Waals surface area (Å²) in [7, 11) is 3.28. The van der Waals surface area contributed by atoms with Crippen LogP contribution in [0.4, 0.5) is 5.69 Å². The average Bonchev–Trinajstić information content (AvgIpc) is 2.71. The van der Waals surface area contributed by atoms with Gasteiger partial charge in [-0.25, -0.2) is 0 Å². The lowest BCUT2D eigenvalue weighted by Crippen LogP contribution is -2.37. The van der Waals surface area contributed by atoms with Crippen LogP contribution in [0.5, 0.6) is 11.5 Å². The number of benzene rings is 2. The summed E-state index contributed by atoms with van der Waals surface area (Å²) < 4.78 is 11.8. The van der Waals surface area contributed by atoms with E-state index in [1.165, 1.54) is 0 Å². The molecule has 2 aromatic carbocycles. The first kappa shape index (κ1) is 25.0. The molecule has 0 spiro atoms. The van der Waals surface area contributed by atoms with E-state index in [0.29, 0.717) is 42.7 Å². The van der Waals surface area contributed by atoms with Crippen LogP contribution in [0.2, 0.25) is 0 Å². The van der Waals surface area contributed by atoms with E-state index < -0.39 is 0 Å². The van der Waals surface area contributed by atoms with Crippen LogP contribution in [0.3, 0.4) is 0 Å². The van der Waals surface area contributed by atoms with E-state index in [9.17, 15) is 4.79 Å². The summed E-state index contributed by atoms with van der Waals surface area (Å²) in [4.78, 5) is 16.3. The molecule has 0 atom stereocenters. The number of anilines is 1. The number of rotatable bonds is 8. The molecule has 2 rings (SSSR count). The number of hydrogen-bond donors (Lipinski definition) is 3. The van der Waals surface area contributed by atoms with Crippen molar-refractivity contribution in [3.63, 3.8) is 0 Å². The highest BCUT2D eigenvalue weighted by Crippen LogP contribution is 2.30. The SMILES string of the molecule is CCOc1ccc(NC(=NC)NCCNC(=O)c2ccc(Br)cc2)cc1OC.I. The molecule has 2 aromatic rings. The number of hydrogen-bond acceptors (Lipinski definition) is 4. The van der Waals surface area contributed by atoms with Crippen molar-refractivity contribution in [3.05, 3.63) is 52.5 Å². The van der Waals surface area contributed by atoms with E-state index in [1.807, 2.05) is 37.3 Å². The fourth-order valence-electron chi connectivity index (χ4n) is 2.40. The molecule has 0 aliphatic carbocycles. The van der Waals surface area contributed by atoms with Crippen molar-refractivity contribution in [1.29, 1.82) is 0 Å². The number of halogens is 2. The zero-order valence-electron chi connectivity index (χ0n) is 16.6. The predicted octanol–water partition coefficient (Wildman–Crippen LogP) is 3.89. The van der Waals surface area contributed by atoms with Gasteiger partial charge in [-0.15, -0.1) is 24.0 Å². The normalized spacial score (nSPS) is 10.6. The summed E-state index contributed by atoms with van der Waals surface area (Å²) in [5, 5.41) is 9.21. The molecular weight excluding hydrogens is 551 g/mol. The van der Waals surface area contributed by atoms with E-state index in [2.05, 4.69) is 36.9 Å². The molecule has 1 amide bonds. The van der Waals surface area contributed by atoms with Crippen molar-refractivity contribution in [2.24, 2.45) is 4.99 Å². The van der Waals surface area contributed by atoms with Crippen LogP contribution in [0.25, 0.3) is 0 Å². The van der Waals surface area contributed by atoms with Gasteiger partial charge < -0.3 is 25.4 Å². The van der Waals surface area contributed by atoms with Gasteiger partial charge >= 0.3 is 0 Å². The number of guanidine groups is 1. The molecule has 7 nitrogen and oxygen atoms in total. The Hall–Kier alpha value is -2.01. The molecule has 9 heteroatoms. The maximum Gasteiger partial charge on any atom is 0.251 e. The van der Waals surface area contributed by atoms with Crippen molar-refractivity contribution in [2.75, 3.05) is 39.2 Å². The fraction of sp³-hybridized carbons (Fsp3) is 0.300. The molecule has 3 N–H and O–H groups in total. The molecule has 0 heterocycles. The van der Waals surface area contributed by atoms with E-state index >= 15 is 0 Å². The third kappa shape index (κ3) is 8.09. The van der Waals surface area contributed by atoms with Gasteiger partial charge in [-0.3, -0.25) is 9.79 Å². The van der Waals surface area contributed by atoms with Gasteiger partial charge in [0.1, 0.15) is 0 Å². The minimum Gasteiger partial charge on any atom is -0.493 e. The second-order valence-corrected chi connectivity index (χ2v) is 6.60. The van der Waals surface area contributed by atoms with E-state index in [-0.39, 0.29) is 29.9 Å². The van der Waals surface area contributed by atoms with Crippen LogP contribution in [0.1, 0.15) is 17.3 Å². The van der Waals surface area contributed by atoms with E-state index in [0.717, 1.165) is 10.2 Å². The average molecular weight is 577 g/mol. The molecule has 0 saturated heterocycles. The summed E-state index contributed by atoms with van der Waals surface area (Å²) in [5.41, 5.74) is 1.43. The molecule has 29 heavy (non-hydrogen) atoms.